The Balaban J connectivity index is 2.10. The third-order valence-electron chi connectivity index (χ3n) is 2.36. The lowest BCUT2D eigenvalue weighted by Crippen LogP contribution is -2.25. The Morgan fingerprint density at radius 2 is 2.57 bits per heavy atom. The van der Waals surface area contributed by atoms with Crippen molar-refractivity contribution in [1.29, 1.82) is 0 Å². The highest BCUT2D eigenvalue weighted by Crippen LogP contribution is 2.27. The second-order valence-electron chi connectivity index (χ2n) is 3.28. The molecule has 0 aromatic carbocycles. The SMILES string of the molecule is CCSC1CNNC1c1cccnc1. The van der Waals surface area contributed by atoms with Crippen molar-refractivity contribution in [1.82, 2.24) is 15.8 Å². The number of nitrogens with one attached hydrogen (secondary N) is 2. The van der Waals surface area contributed by atoms with E-state index < -0.39 is 0 Å². The zero-order chi connectivity index (χ0) is 9.80. The molecule has 76 valence electrons. The minimum Gasteiger partial charge on any atom is -0.264 e. The Morgan fingerprint density at radius 1 is 1.64 bits per heavy atom. The zero-order valence-electron chi connectivity index (χ0n) is 8.23. The van der Waals surface area contributed by atoms with Crippen molar-refractivity contribution in [3.63, 3.8) is 0 Å². The first-order valence-electron chi connectivity index (χ1n) is 4.91. The van der Waals surface area contributed by atoms with Gasteiger partial charge in [-0.25, -0.2) is 5.43 Å². The minimum atomic E-state index is 0.397. The van der Waals surface area contributed by atoms with Gasteiger partial charge in [0.25, 0.3) is 0 Å². The van der Waals surface area contributed by atoms with E-state index in [4.69, 9.17) is 0 Å². The molecule has 0 amide bonds. The fraction of sp³-hybridized carbons (Fsp3) is 0.500. The minimum absolute atomic E-state index is 0.397. The van der Waals surface area contributed by atoms with Gasteiger partial charge in [-0.3, -0.25) is 10.4 Å². The number of hydrogen-bond acceptors (Lipinski definition) is 4. The van der Waals surface area contributed by atoms with E-state index in [-0.39, 0.29) is 0 Å². The van der Waals surface area contributed by atoms with E-state index in [1.54, 1.807) is 0 Å². The van der Waals surface area contributed by atoms with Crippen LogP contribution in [0.4, 0.5) is 0 Å². The van der Waals surface area contributed by atoms with Crippen LogP contribution >= 0.6 is 11.8 Å². The van der Waals surface area contributed by atoms with Crippen molar-refractivity contribution in [3.8, 4) is 0 Å². The Morgan fingerprint density at radius 3 is 3.29 bits per heavy atom. The number of thioether (sulfide) groups is 1. The van der Waals surface area contributed by atoms with Gasteiger partial charge in [-0.1, -0.05) is 13.0 Å². The lowest BCUT2D eigenvalue weighted by molar-refractivity contribution is 0.582. The molecule has 4 heteroatoms. The second kappa shape index (κ2) is 4.77. The molecule has 14 heavy (non-hydrogen) atoms. The van der Waals surface area contributed by atoms with Crippen molar-refractivity contribution >= 4 is 11.8 Å². The highest BCUT2D eigenvalue weighted by Gasteiger charge is 2.27. The summed E-state index contributed by atoms with van der Waals surface area (Å²) in [5.74, 6) is 1.16. The molecule has 2 rings (SSSR count). The Hall–Kier alpha value is -0.580. The van der Waals surface area contributed by atoms with Crippen molar-refractivity contribution in [2.75, 3.05) is 12.3 Å². The molecule has 0 aliphatic carbocycles. The maximum Gasteiger partial charge on any atom is 0.0609 e. The number of pyridine rings is 1. The molecule has 1 aliphatic heterocycles. The molecule has 0 saturated carbocycles. The van der Waals surface area contributed by atoms with Crippen LogP contribution in [0.1, 0.15) is 18.5 Å². The maximum absolute atomic E-state index is 4.15. The van der Waals surface area contributed by atoms with Crippen LogP contribution in [0.2, 0.25) is 0 Å². The molecule has 2 unspecified atom stereocenters. The zero-order valence-corrected chi connectivity index (χ0v) is 9.05. The Labute approximate surface area is 88.7 Å². The average molecular weight is 209 g/mol. The van der Waals surface area contributed by atoms with E-state index in [1.165, 1.54) is 5.56 Å². The molecule has 0 bridgehead atoms. The molecule has 1 saturated heterocycles. The van der Waals surface area contributed by atoms with Gasteiger partial charge in [-0.2, -0.15) is 11.8 Å². The second-order valence-corrected chi connectivity index (χ2v) is 4.80. The number of hydrazine groups is 1. The number of aromatic nitrogens is 1. The van der Waals surface area contributed by atoms with E-state index in [9.17, 15) is 0 Å². The molecule has 0 radical (unpaired) electrons. The molecule has 1 aromatic heterocycles. The molecular weight excluding hydrogens is 194 g/mol. The summed E-state index contributed by atoms with van der Waals surface area (Å²) in [6.07, 6.45) is 3.75. The Kier molecular flexibility index (Phi) is 3.39. The molecule has 0 spiro atoms. The summed E-state index contributed by atoms with van der Waals surface area (Å²) < 4.78 is 0. The van der Waals surface area contributed by atoms with Crippen LogP contribution in [-0.2, 0) is 0 Å². The topological polar surface area (TPSA) is 37.0 Å². The third-order valence-corrected chi connectivity index (χ3v) is 3.56. The fourth-order valence-corrected chi connectivity index (χ4v) is 2.75. The van der Waals surface area contributed by atoms with E-state index >= 15 is 0 Å². The lowest BCUT2D eigenvalue weighted by atomic mass is 10.1. The summed E-state index contributed by atoms with van der Waals surface area (Å²) in [6.45, 7) is 3.22. The maximum atomic E-state index is 4.15. The molecule has 3 nitrogen and oxygen atoms in total. The van der Waals surface area contributed by atoms with Crippen LogP contribution in [0, 0.1) is 0 Å². The Bertz CT molecular complexity index is 278. The average Bonchev–Trinajstić information content (AvgIpc) is 2.68. The third kappa shape index (κ3) is 2.08. The predicted molar refractivity (Wildman–Crippen MR) is 60.0 cm³/mol. The lowest BCUT2D eigenvalue weighted by Gasteiger charge is -2.16. The van der Waals surface area contributed by atoms with Gasteiger partial charge in [-0.15, -0.1) is 0 Å². The van der Waals surface area contributed by atoms with Crippen molar-refractivity contribution in [3.05, 3.63) is 30.1 Å². The summed E-state index contributed by atoms with van der Waals surface area (Å²) in [7, 11) is 0. The normalized spacial score (nSPS) is 26.6. The molecule has 2 atom stereocenters. The molecule has 1 aliphatic rings. The molecule has 1 aromatic rings. The van der Waals surface area contributed by atoms with Crippen molar-refractivity contribution < 1.29 is 0 Å². The first-order valence-corrected chi connectivity index (χ1v) is 5.96. The fourth-order valence-electron chi connectivity index (χ4n) is 1.71. The van der Waals surface area contributed by atoms with E-state index in [0.717, 1.165) is 12.3 Å². The monoisotopic (exact) mass is 209 g/mol. The first kappa shape index (κ1) is 9.96. The van der Waals surface area contributed by atoms with Crippen LogP contribution in [0.3, 0.4) is 0 Å². The largest absolute Gasteiger partial charge is 0.264 e. The smallest absolute Gasteiger partial charge is 0.0609 e. The van der Waals surface area contributed by atoms with Gasteiger partial charge in [-0.05, 0) is 17.4 Å². The summed E-state index contributed by atoms with van der Waals surface area (Å²) in [6, 6.07) is 4.51. The van der Waals surface area contributed by atoms with Gasteiger partial charge in [0.05, 0.1) is 6.04 Å². The van der Waals surface area contributed by atoms with Crippen molar-refractivity contribution in [2.45, 2.75) is 18.2 Å². The van der Waals surface area contributed by atoms with Gasteiger partial charge < -0.3 is 0 Å². The van der Waals surface area contributed by atoms with E-state index in [2.05, 4.69) is 28.8 Å². The van der Waals surface area contributed by atoms with Gasteiger partial charge >= 0.3 is 0 Å². The highest BCUT2D eigenvalue weighted by atomic mass is 32.2. The predicted octanol–water partition coefficient (Wildman–Crippen LogP) is 1.35. The van der Waals surface area contributed by atoms with Crippen LogP contribution in [0.15, 0.2) is 24.5 Å². The van der Waals surface area contributed by atoms with Gasteiger partial charge in [0.2, 0.25) is 0 Å². The van der Waals surface area contributed by atoms with Crippen LogP contribution in [0.25, 0.3) is 0 Å². The quantitative estimate of drug-likeness (QED) is 0.788. The number of nitrogens with zero attached hydrogens (tertiary/aromatic N) is 1. The van der Waals surface area contributed by atoms with E-state index in [1.807, 2.05) is 30.2 Å². The summed E-state index contributed by atoms with van der Waals surface area (Å²) in [5.41, 5.74) is 7.77. The molecule has 2 heterocycles. The van der Waals surface area contributed by atoms with Crippen LogP contribution in [-0.4, -0.2) is 22.5 Å². The standard InChI is InChI=1S/C10H15N3S/c1-2-14-9-7-12-13-10(9)8-4-3-5-11-6-8/h3-6,9-10,12-13H,2,7H2,1H3. The summed E-state index contributed by atoms with van der Waals surface area (Å²) >= 11 is 1.99. The van der Waals surface area contributed by atoms with Gasteiger partial charge in [0.1, 0.15) is 0 Å². The van der Waals surface area contributed by atoms with Gasteiger partial charge in [0, 0.05) is 24.2 Å². The highest BCUT2D eigenvalue weighted by molar-refractivity contribution is 7.99. The van der Waals surface area contributed by atoms with Gasteiger partial charge in [0.15, 0.2) is 0 Å². The summed E-state index contributed by atoms with van der Waals surface area (Å²) in [4.78, 5) is 4.15. The first-order chi connectivity index (χ1) is 6.92. The number of hydrogen-bond donors (Lipinski definition) is 2. The molecule has 2 N–H and O–H groups in total. The van der Waals surface area contributed by atoms with Crippen LogP contribution in [0.5, 0.6) is 0 Å². The van der Waals surface area contributed by atoms with Crippen molar-refractivity contribution in [2.24, 2.45) is 0 Å². The molecular formula is C10H15N3S. The van der Waals surface area contributed by atoms with Crippen LogP contribution < -0.4 is 10.9 Å². The number of rotatable bonds is 3. The van der Waals surface area contributed by atoms with E-state index in [0.29, 0.717) is 11.3 Å². The summed E-state index contributed by atoms with van der Waals surface area (Å²) in [5, 5.41) is 0.615. The molecule has 1 fully saturated rings.